The molecule has 2 aromatic heterocycles. The van der Waals surface area contributed by atoms with E-state index in [-0.39, 0.29) is 23.9 Å². The van der Waals surface area contributed by atoms with Gasteiger partial charge < -0.3 is 19.7 Å². The van der Waals surface area contributed by atoms with Gasteiger partial charge in [-0.1, -0.05) is 11.3 Å². The lowest BCUT2D eigenvalue weighted by Crippen LogP contribution is -2.40. The molecule has 1 aliphatic heterocycles. The normalized spacial score (nSPS) is 22.5. The van der Waals surface area contributed by atoms with E-state index in [1.807, 2.05) is 6.92 Å². The number of hydrogen-bond acceptors (Lipinski definition) is 7. The monoisotopic (exact) mass is 408 g/mol. The fraction of sp³-hybridized carbons (Fsp3) is 0.632. The molecule has 1 atom stereocenters. The summed E-state index contributed by atoms with van der Waals surface area (Å²) < 4.78 is 25.7. The average Bonchev–Trinajstić information content (AvgIpc) is 2.92. The van der Waals surface area contributed by atoms with Crippen molar-refractivity contribution in [3.8, 4) is 5.88 Å². The lowest BCUT2D eigenvalue weighted by Gasteiger charge is -2.35. The Morgan fingerprint density at radius 1 is 1.43 bits per heavy atom. The molecule has 2 aliphatic rings. The highest BCUT2D eigenvalue weighted by Crippen LogP contribution is 2.34. The maximum Gasteiger partial charge on any atom is 0.251 e. The molecule has 152 valence electrons. The number of thiazole rings is 1. The van der Waals surface area contributed by atoms with Crippen molar-refractivity contribution in [1.82, 2.24) is 15.3 Å². The molecule has 1 amide bonds. The molecule has 2 aromatic rings. The molecule has 0 spiro atoms. The van der Waals surface area contributed by atoms with Crippen LogP contribution >= 0.6 is 11.3 Å². The van der Waals surface area contributed by atoms with Crippen molar-refractivity contribution >= 4 is 32.7 Å². The van der Waals surface area contributed by atoms with Gasteiger partial charge in [0.05, 0.1) is 19.3 Å². The molecule has 1 saturated heterocycles. The Kier molecular flexibility index (Phi) is 5.63. The van der Waals surface area contributed by atoms with Crippen LogP contribution in [0.2, 0.25) is 0 Å². The van der Waals surface area contributed by atoms with E-state index in [0.29, 0.717) is 29.5 Å². The molecule has 1 aliphatic carbocycles. The number of amides is 1. The molecular weight excluding hydrogens is 383 g/mol. The summed E-state index contributed by atoms with van der Waals surface area (Å²) in [5.74, 6) is -0.143. The van der Waals surface area contributed by atoms with Crippen LogP contribution in [0.5, 0.6) is 5.88 Å². The molecule has 4 rings (SSSR count). The number of halogens is 1. The molecular formula is C19H25FN4O3S. The molecule has 2 fully saturated rings. The van der Waals surface area contributed by atoms with Crippen molar-refractivity contribution in [2.24, 2.45) is 5.92 Å². The topological polar surface area (TPSA) is 76.6 Å². The van der Waals surface area contributed by atoms with Gasteiger partial charge in [-0.2, -0.15) is 4.98 Å². The third kappa shape index (κ3) is 4.35. The lowest BCUT2D eigenvalue weighted by atomic mass is 9.83. The minimum Gasteiger partial charge on any atom is -0.475 e. The minimum absolute atomic E-state index is 0.00150. The van der Waals surface area contributed by atoms with Gasteiger partial charge in [0.25, 0.3) is 5.88 Å². The SMILES string of the molecule is CC(=O)N[C@@H](C)COC1CC(COc2nc3sc(N4CCC4)nc3cc2F)C1. The Morgan fingerprint density at radius 2 is 2.21 bits per heavy atom. The van der Waals surface area contributed by atoms with Crippen LogP contribution in [0, 0.1) is 11.7 Å². The second kappa shape index (κ2) is 8.16. The average molecular weight is 408 g/mol. The number of ether oxygens (including phenoxy) is 2. The van der Waals surface area contributed by atoms with E-state index < -0.39 is 5.82 Å². The van der Waals surface area contributed by atoms with E-state index in [1.54, 1.807) is 0 Å². The predicted molar refractivity (Wildman–Crippen MR) is 105 cm³/mol. The first-order chi connectivity index (χ1) is 13.5. The highest BCUT2D eigenvalue weighted by atomic mass is 32.1. The summed E-state index contributed by atoms with van der Waals surface area (Å²) in [6.07, 6.45) is 3.09. The van der Waals surface area contributed by atoms with Gasteiger partial charge in [-0.05, 0) is 32.1 Å². The Bertz CT molecular complexity index is 851. The number of anilines is 1. The molecule has 3 heterocycles. The number of nitrogens with zero attached hydrogens (tertiary/aromatic N) is 3. The predicted octanol–water partition coefficient (Wildman–Crippen LogP) is 2.74. The number of carbonyl (C=O) groups is 1. The summed E-state index contributed by atoms with van der Waals surface area (Å²) in [6.45, 7) is 6.33. The van der Waals surface area contributed by atoms with E-state index in [4.69, 9.17) is 9.47 Å². The lowest BCUT2D eigenvalue weighted by molar-refractivity contribution is -0.120. The van der Waals surface area contributed by atoms with Gasteiger partial charge in [0.2, 0.25) is 5.91 Å². The molecule has 28 heavy (non-hydrogen) atoms. The number of nitrogens with one attached hydrogen (secondary N) is 1. The maximum atomic E-state index is 14.3. The van der Waals surface area contributed by atoms with Crippen LogP contribution < -0.4 is 15.0 Å². The quantitative estimate of drug-likeness (QED) is 0.724. The van der Waals surface area contributed by atoms with Gasteiger partial charge in [0.1, 0.15) is 10.3 Å². The van der Waals surface area contributed by atoms with Gasteiger partial charge in [0, 0.05) is 32.1 Å². The zero-order valence-corrected chi connectivity index (χ0v) is 16.9. The molecule has 0 radical (unpaired) electrons. The Hall–Kier alpha value is -2.00. The Morgan fingerprint density at radius 3 is 2.89 bits per heavy atom. The highest BCUT2D eigenvalue weighted by Gasteiger charge is 2.31. The van der Waals surface area contributed by atoms with Gasteiger partial charge in [-0.25, -0.2) is 9.37 Å². The highest BCUT2D eigenvalue weighted by molar-refractivity contribution is 7.21. The van der Waals surface area contributed by atoms with Crippen molar-refractivity contribution in [3.05, 3.63) is 11.9 Å². The molecule has 0 aromatic carbocycles. The second-order valence-electron chi connectivity index (χ2n) is 7.64. The fourth-order valence-electron chi connectivity index (χ4n) is 3.37. The Labute approximate surface area is 167 Å². The number of aromatic nitrogens is 2. The summed E-state index contributed by atoms with van der Waals surface area (Å²) in [5, 5.41) is 3.70. The van der Waals surface area contributed by atoms with Crippen molar-refractivity contribution in [2.75, 3.05) is 31.2 Å². The standard InChI is InChI=1S/C19H25FN4O3S/c1-11(21-12(2)25)9-26-14-6-13(7-14)10-27-17-15(20)8-16-18(23-17)28-19(22-16)24-4-3-5-24/h8,11,13-14H,3-7,9-10H2,1-2H3,(H,21,25)/t11-,13?,14?/m0/s1. The van der Waals surface area contributed by atoms with Crippen LogP contribution in [0.3, 0.4) is 0 Å². The third-order valence-electron chi connectivity index (χ3n) is 5.10. The summed E-state index contributed by atoms with van der Waals surface area (Å²) in [7, 11) is 0. The van der Waals surface area contributed by atoms with E-state index in [2.05, 4.69) is 20.2 Å². The second-order valence-corrected chi connectivity index (χ2v) is 8.60. The maximum absolute atomic E-state index is 14.3. The Balaban J connectivity index is 1.25. The summed E-state index contributed by atoms with van der Waals surface area (Å²) in [4.78, 5) is 22.7. The van der Waals surface area contributed by atoms with Crippen LogP contribution in [-0.4, -0.2) is 54.3 Å². The molecule has 0 bridgehead atoms. The van der Waals surface area contributed by atoms with Crippen molar-refractivity contribution in [1.29, 1.82) is 0 Å². The third-order valence-corrected chi connectivity index (χ3v) is 6.13. The summed E-state index contributed by atoms with van der Waals surface area (Å²) >= 11 is 1.48. The van der Waals surface area contributed by atoms with Crippen molar-refractivity contribution < 1.29 is 18.7 Å². The smallest absolute Gasteiger partial charge is 0.251 e. The molecule has 9 heteroatoms. The van der Waals surface area contributed by atoms with Crippen LogP contribution in [0.1, 0.15) is 33.1 Å². The van der Waals surface area contributed by atoms with Crippen LogP contribution in [-0.2, 0) is 9.53 Å². The number of hydrogen-bond donors (Lipinski definition) is 1. The number of fused-ring (bicyclic) bond motifs is 1. The van der Waals surface area contributed by atoms with Crippen LogP contribution in [0.15, 0.2) is 6.07 Å². The minimum atomic E-state index is -0.468. The van der Waals surface area contributed by atoms with Crippen molar-refractivity contribution in [3.63, 3.8) is 0 Å². The van der Waals surface area contributed by atoms with Gasteiger partial charge in [0.15, 0.2) is 10.9 Å². The van der Waals surface area contributed by atoms with Gasteiger partial charge >= 0.3 is 0 Å². The van der Waals surface area contributed by atoms with Crippen LogP contribution in [0.4, 0.5) is 9.52 Å². The number of carbonyl (C=O) groups excluding carboxylic acids is 1. The molecule has 1 N–H and O–H groups in total. The molecule has 7 nitrogen and oxygen atoms in total. The first-order valence-electron chi connectivity index (χ1n) is 9.71. The molecule has 1 saturated carbocycles. The zero-order chi connectivity index (χ0) is 19.7. The first kappa shape index (κ1) is 19.3. The van der Waals surface area contributed by atoms with E-state index in [1.165, 1.54) is 30.7 Å². The summed E-state index contributed by atoms with van der Waals surface area (Å²) in [5.41, 5.74) is 0.585. The number of rotatable bonds is 8. The zero-order valence-electron chi connectivity index (χ0n) is 16.1. The van der Waals surface area contributed by atoms with E-state index in [9.17, 15) is 9.18 Å². The van der Waals surface area contributed by atoms with E-state index >= 15 is 0 Å². The fourth-order valence-corrected chi connectivity index (χ4v) is 4.34. The number of pyridine rings is 1. The molecule has 0 unspecified atom stereocenters. The van der Waals surface area contributed by atoms with E-state index in [0.717, 1.165) is 31.1 Å². The van der Waals surface area contributed by atoms with Crippen molar-refractivity contribution in [2.45, 2.75) is 45.3 Å². The largest absolute Gasteiger partial charge is 0.475 e. The van der Waals surface area contributed by atoms with Gasteiger partial charge in [-0.15, -0.1) is 0 Å². The van der Waals surface area contributed by atoms with Crippen LogP contribution in [0.25, 0.3) is 10.3 Å². The van der Waals surface area contributed by atoms with Gasteiger partial charge in [-0.3, -0.25) is 4.79 Å². The first-order valence-corrected chi connectivity index (χ1v) is 10.5. The summed E-state index contributed by atoms with van der Waals surface area (Å²) in [6, 6.07) is 1.41.